The molecule has 138 valence electrons. The van der Waals surface area contributed by atoms with E-state index in [-0.39, 0.29) is 11.6 Å². The molecule has 0 atom stereocenters. The Labute approximate surface area is 154 Å². The van der Waals surface area contributed by atoms with Crippen LogP contribution in [0.25, 0.3) is 0 Å². The number of hydrogen-bond acceptors (Lipinski definition) is 4. The summed E-state index contributed by atoms with van der Waals surface area (Å²) in [6, 6.07) is 11.9. The van der Waals surface area contributed by atoms with Crippen molar-refractivity contribution in [3.63, 3.8) is 0 Å². The van der Waals surface area contributed by atoms with Crippen molar-refractivity contribution in [1.29, 1.82) is 0 Å². The van der Waals surface area contributed by atoms with E-state index in [0.717, 1.165) is 24.5 Å². The van der Waals surface area contributed by atoms with Crippen molar-refractivity contribution >= 4 is 11.6 Å². The van der Waals surface area contributed by atoms with Gasteiger partial charge in [-0.3, -0.25) is 9.59 Å². The van der Waals surface area contributed by atoms with Gasteiger partial charge in [0.05, 0.1) is 13.1 Å². The van der Waals surface area contributed by atoms with E-state index in [0.29, 0.717) is 26.2 Å². The minimum atomic E-state index is 0.144. The third-order valence-corrected chi connectivity index (χ3v) is 3.95. The zero-order chi connectivity index (χ0) is 18.8. The molecule has 2 rings (SSSR count). The molecule has 0 fully saturated rings. The van der Waals surface area contributed by atoms with E-state index in [1.807, 2.05) is 57.9 Å². The number of ketones is 2. The van der Waals surface area contributed by atoms with Crippen LogP contribution in [0.2, 0.25) is 0 Å². The number of nitrogens with one attached hydrogen (secondary N) is 2. The van der Waals surface area contributed by atoms with Gasteiger partial charge >= 0.3 is 0 Å². The van der Waals surface area contributed by atoms with Crippen molar-refractivity contribution in [2.75, 3.05) is 13.1 Å². The molecule has 0 amide bonds. The van der Waals surface area contributed by atoms with E-state index in [1.54, 1.807) is 13.8 Å². The second kappa shape index (κ2) is 10.5. The van der Waals surface area contributed by atoms with E-state index < -0.39 is 0 Å². The van der Waals surface area contributed by atoms with Crippen LogP contribution in [0.1, 0.15) is 25.2 Å². The van der Waals surface area contributed by atoms with Gasteiger partial charge in [-0.05, 0) is 0 Å². The molecule has 6 nitrogen and oxygen atoms in total. The van der Waals surface area contributed by atoms with Crippen LogP contribution in [0.3, 0.4) is 0 Å². The molecule has 0 spiro atoms. The van der Waals surface area contributed by atoms with Gasteiger partial charge in [0.15, 0.2) is 35.3 Å². The molecule has 2 heterocycles. The SMILES string of the molecule is CC(=O)C[n+]1ccccc1CNCCNCc1cccc[n+]1CC(C)=O. The molecular formula is C20H28N4O2+2. The first-order valence-corrected chi connectivity index (χ1v) is 8.91. The van der Waals surface area contributed by atoms with Gasteiger partial charge in [-0.2, -0.15) is 9.13 Å². The molecule has 0 aliphatic carbocycles. The maximum Gasteiger partial charge on any atom is 0.206 e. The summed E-state index contributed by atoms with van der Waals surface area (Å²) in [6.07, 6.45) is 3.86. The smallest absolute Gasteiger partial charge is 0.206 e. The third-order valence-electron chi connectivity index (χ3n) is 3.95. The molecule has 0 aliphatic heterocycles. The lowest BCUT2D eigenvalue weighted by Crippen LogP contribution is -2.44. The Hall–Kier alpha value is -2.44. The maximum atomic E-state index is 11.3. The predicted octanol–water partition coefficient (Wildman–Crippen LogP) is 0.319. The normalized spacial score (nSPS) is 10.7. The summed E-state index contributed by atoms with van der Waals surface area (Å²) in [6.45, 7) is 7.06. The van der Waals surface area contributed by atoms with E-state index >= 15 is 0 Å². The molecule has 2 aromatic heterocycles. The minimum absolute atomic E-state index is 0.144. The highest BCUT2D eigenvalue weighted by Gasteiger charge is 2.12. The molecular weight excluding hydrogens is 328 g/mol. The van der Waals surface area contributed by atoms with Crippen LogP contribution < -0.4 is 19.8 Å². The summed E-state index contributed by atoms with van der Waals surface area (Å²) in [7, 11) is 0. The van der Waals surface area contributed by atoms with Crippen molar-refractivity contribution in [2.24, 2.45) is 0 Å². The van der Waals surface area contributed by atoms with Crippen LogP contribution >= 0.6 is 0 Å². The van der Waals surface area contributed by atoms with Gasteiger partial charge in [0, 0.05) is 51.2 Å². The summed E-state index contributed by atoms with van der Waals surface area (Å²) in [5.74, 6) is 0.289. The number of carbonyl (C=O) groups excluding carboxylic acids is 2. The average molecular weight is 356 g/mol. The van der Waals surface area contributed by atoms with Crippen molar-refractivity contribution < 1.29 is 18.7 Å². The van der Waals surface area contributed by atoms with E-state index in [2.05, 4.69) is 10.6 Å². The lowest BCUT2D eigenvalue weighted by molar-refractivity contribution is -0.692. The summed E-state index contributed by atoms with van der Waals surface area (Å²) >= 11 is 0. The fraction of sp³-hybridized carbons (Fsp3) is 0.400. The van der Waals surface area contributed by atoms with E-state index in [9.17, 15) is 9.59 Å². The molecule has 0 aliphatic rings. The molecule has 0 bridgehead atoms. The Morgan fingerprint density at radius 2 is 1.19 bits per heavy atom. The monoisotopic (exact) mass is 356 g/mol. The van der Waals surface area contributed by atoms with Crippen molar-refractivity contribution in [2.45, 2.75) is 40.0 Å². The topological polar surface area (TPSA) is 66.0 Å². The van der Waals surface area contributed by atoms with Gasteiger partial charge in [0.25, 0.3) is 0 Å². The average Bonchev–Trinajstić information content (AvgIpc) is 2.59. The second-order valence-electron chi connectivity index (χ2n) is 6.40. The first-order valence-electron chi connectivity index (χ1n) is 8.91. The molecule has 2 aromatic rings. The van der Waals surface area contributed by atoms with Crippen LogP contribution in [0.15, 0.2) is 48.8 Å². The Morgan fingerprint density at radius 1 is 0.769 bits per heavy atom. The zero-order valence-electron chi connectivity index (χ0n) is 15.6. The minimum Gasteiger partial charge on any atom is -0.306 e. The number of carbonyl (C=O) groups is 2. The third kappa shape index (κ3) is 6.82. The maximum absolute atomic E-state index is 11.3. The lowest BCUT2D eigenvalue weighted by atomic mass is 10.3. The van der Waals surface area contributed by atoms with Crippen molar-refractivity contribution in [1.82, 2.24) is 10.6 Å². The number of hydrogen-bond donors (Lipinski definition) is 2. The predicted molar refractivity (Wildman–Crippen MR) is 98.0 cm³/mol. The number of Topliss-reactive ketones (excluding diaryl/α,β-unsaturated/α-hetero) is 2. The fourth-order valence-corrected chi connectivity index (χ4v) is 2.74. The largest absolute Gasteiger partial charge is 0.306 e. The first kappa shape index (κ1) is 19.9. The Morgan fingerprint density at radius 3 is 1.58 bits per heavy atom. The highest BCUT2D eigenvalue weighted by atomic mass is 16.1. The van der Waals surface area contributed by atoms with Gasteiger partial charge in [0.1, 0.15) is 0 Å². The summed E-state index contributed by atoms with van der Waals surface area (Å²) in [4.78, 5) is 22.7. The molecule has 0 saturated heterocycles. The van der Waals surface area contributed by atoms with Crippen LogP contribution in [-0.2, 0) is 35.8 Å². The van der Waals surface area contributed by atoms with Gasteiger partial charge in [-0.1, -0.05) is 12.1 Å². The molecule has 0 radical (unpaired) electrons. The number of rotatable bonds is 11. The van der Waals surface area contributed by atoms with E-state index in [4.69, 9.17) is 0 Å². The highest BCUT2D eigenvalue weighted by Crippen LogP contribution is 1.93. The summed E-state index contributed by atoms with van der Waals surface area (Å²) in [5, 5.41) is 6.79. The summed E-state index contributed by atoms with van der Waals surface area (Å²) in [5.41, 5.74) is 2.18. The second-order valence-corrected chi connectivity index (χ2v) is 6.40. The molecule has 0 unspecified atom stereocenters. The lowest BCUT2D eigenvalue weighted by Gasteiger charge is -2.07. The molecule has 26 heavy (non-hydrogen) atoms. The van der Waals surface area contributed by atoms with Crippen molar-refractivity contribution in [3.8, 4) is 0 Å². The Kier molecular flexibility index (Phi) is 8.05. The Balaban J connectivity index is 1.74. The molecule has 0 saturated carbocycles. The fourth-order valence-electron chi connectivity index (χ4n) is 2.74. The summed E-state index contributed by atoms with van der Waals surface area (Å²) < 4.78 is 3.94. The number of nitrogens with zero attached hydrogens (tertiary/aromatic N) is 2. The van der Waals surface area contributed by atoms with E-state index in [1.165, 1.54) is 0 Å². The Bertz CT molecular complexity index is 683. The van der Waals surface area contributed by atoms with Crippen LogP contribution in [0.4, 0.5) is 0 Å². The number of aromatic nitrogens is 2. The number of pyridine rings is 2. The van der Waals surface area contributed by atoms with Gasteiger partial charge < -0.3 is 10.6 Å². The molecule has 0 aromatic carbocycles. The van der Waals surface area contributed by atoms with Crippen LogP contribution in [0, 0.1) is 0 Å². The highest BCUT2D eigenvalue weighted by molar-refractivity contribution is 5.74. The quantitative estimate of drug-likeness (QED) is 0.450. The van der Waals surface area contributed by atoms with Gasteiger partial charge in [-0.15, -0.1) is 0 Å². The van der Waals surface area contributed by atoms with Gasteiger partial charge in [0.2, 0.25) is 13.1 Å². The standard InChI is InChI=1S/C20H28N4O2/c1-17(25)15-23-11-5-3-7-19(23)13-21-9-10-22-14-20-8-4-6-12-24(20)16-18(2)26/h3-8,11-12,21-22H,9-10,13-16H2,1-2H3/q+2. The molecule has 6 heteroatoms. The van der Waals surface area contributed by atoms with Crippen LogP contribution in [-0.4, -0.2) is 24.7 Å². The van der Waals surface area contributed by atoms with Crippen LogP contribution in [0.5, 0.6) is 0 Å². The molecule has 2 N–H and O–H groups in total. The van der Waals surface area contributed by atoms with Crippen molar-refractivity contribution in [3.05, 3.63) is 60.2 Å². The first-order chi connectivity index (χ1) is 12.6. The zero-order valence-corrected chi connectivity index (χ0v) is 15.6. The van der Waals surface area contributed by atoms with Gasteiger partial charge in [-0.25, -0.2) is 0 Å².